The molecule has 0 heterocycles. The number of aliphatic hydroxyl groups is 1. The van der Waals surface area contributed by atoms with E-state index in [1.54, 1.807) is 0 Å². The van der Waals surface area contributed by atoms with E-state index < -0.39 is 6.10 Å². The summed E-state index contributed by atoms with van der Waals surface area (Å²) in [6, 6.07) is 4.08. The average molecular weight is 264 g/mol. The van der Waals surface area contributed by atoms with Crippen molar-refractivity contribution in [3.8, 4) is 0 Å². The van der Waals surface area contributed by atoms with Gasteiger partial charge in [-0.1, -0.05) is 19.1 Å². The highest BCUT2D eigenvalue weighted by Crippen LogP contribution is 2.25. The van der Waals surface area contributed by atoms with Crippen molar-refractivity contribution in [1.82, 2.24) is 0 Å². The SMILES string of the molecule is CCCOC(=O)CCC(O)c1cc(C)c(C)cc1C. The van der Waals surface area contributed by atoms with E-state index in [0.29, 0.717) is 13.0 Å². The first-order valence-electron chi connectivity index (χ1n) is 6.87. The van der Waals surface area contributed by atoms with Crippen LogP contribution in [0.15, 0.2) is 12.1 Å². The summed E-state index contributed by atoms with van der Waals surface area (Å²) in [5, 5.41) is 10.2. The molecule has 1 aromatic rings. The van der Waals surface area contributed by atoms with Gasteiger partial charge in [-0.25, -0.2) is 0 Å². The molecule has 0 aromatic heterocycles. The van der Waals surface area contributed by atoms with Gasteiger partial charge in [-0.05, 0) is 55.9 Å². The van der Waals surface area contributed by atoms with Crippen molar-refractivity contribution in [2.45, 2.75) is 53.1 Å². The molecule has 106 valence electrons. The van der Waals surface area contributed by atoms with Crippen molar-refractivity contribution in [3.05, 3.63) is 34.4 Å². The molecule has 0 aliphatic carbocycles. The molecular weight excluding hydrogens is 240 g/mol. The van der Waals surface area contributed by atoms with Crippen LogP contribution >= 0.6 is 0 Å². The molecule has 3 heteroatoms. The van der Waals surface area contributed by atoms with Crippen LogP contribution in [-0.2, 0) is 9.53 Å². The van der Waals surface area contributed by atoms with Crippen molar-refractivity contribution in [2.24, 2.45) is 0 Å². The first kappa shape index (κ1) is 15.7. The van der Waals surface area contributed by atoms with Crippen molar-refractivity contribution in [2.75, 3.05) is 6.61 Å². The van der Waals surface area contributed by atoms with Crippen LogP contribution < -0.4 is 0 Å². The van der Waals surface area contributed by atoms with E-state index >= 15 is 0 Å². The monoisotopic (exact) mass is 264 g/mol. The van der Waals surface area contributed by atoms with Gasteiger partial charge in [-0.2, -0.15) is 0 Å². The van der Waals surface area contributed by atoms with Crippen LogP contribution in [0.25, 0.3) is 0 Å². The number of carbonyl (C=O) groups is 1. The molecule has 3 nitrogen and oxygen atoms in total. The van der Waals surface area contributed by atoms with Gasteiger partial charge in [0, 0.05) is 6.42 Å². The van der Waals surface area contributed by atoms with Gasteiger partial charge in [0.15, 0.2) is 0 Å². The standard InChI is InChI=1S/C16H24O3/c1-5-8-19-16(18)7-6-15(17)14-10-12(3)11(2)9-13(14)4/h9-10,15,17H,5-8H2,1-4H3. The molecule has 1 unspecified atom stereocenters. The van der Waals surface area contributed by atoms with Crippen molar-refractivity contribution < 1.29 is 14.6 Å². The van der Waals surface area contributed by atoms with Gasteiger partial charge in [0.05, 0.1) is 12.7 Å². The zero-order valence-corrected chi connectivity index (χ0v) is 12.3. The summed E-state index contributed by atoms with van der Waals surface area (Å²) in [4.78, 5) is 11.4. The van der Waals surface area contributed by atoms with E-state index in [4.69, 9.17) is 4.74 Å². The number of hydrogen-bond acceptors (Lipinski definition) is 3. The maximum atomic E-state index is 11.4. The number of carbonyl (C=O) groups excluding carboxylic acids is 1. The van der Waals surface area contributed by atoms with Crippen LogP contribution in [0.2, 0.25) is 0 Å². The Balaban J connectivity index is 2.61. The van der Waals surface area contributed by atoms with E-state index in [-0.39, 0.29) is 12.4 Å². The lowest BCUT2D eigenvalue weighted by Gasteiger charge is -2.15. The van der Waals surface area contributed by atoms with Crippen LogP contribution in [0.4, 0.5) is 0 Å². The summed E-state index contributed by atoms with van der Waals surface area (Å²) in [5.41, 5.74) is 4.35. The summed E-state index contributed by atoms with van der Waals surface area (Å²) in [6.45, 7) is 8.49. The van der Waals surface area contributed by atoms with E-state index in [1.165, 1.54) is 5.56 Å². The second kappa shape index (κ2) is 7.29. The molecule has 0 saturated carbocycles. The Kier molecular flexibility index (Phi) is 6.03. The molecule has 0 saturated heterocycles. The molecule has 0 radical (unpaired) electrons. The molecule has 19 heavy (non-hydrogen) atoms. The second-order valence-corrected chi connectivity index (χ2v) is 5.07. The number of aryl methyl sites for hydroxylation is 3. The Labute approximate surface area is 115 Å². The summed E-state index contributed by atoms with van der Waals surface area (Å²) in [6.07, 6.45) is 0.887. The molecule has 0 aliphatic rings. The number of aliphatic hydroxyl groups excluding tert-OH is 1. The first-order chi connectivity index (χ1) is 8.95. The number of benzene rings is 1. The maximum absolute atomic E-state index is 11.4. The zero-order chi connectivity index (χ0) is 14.4. The Morgan fingerprint density at radius 3 is 2.47 bits per heavy atom. The Morgan fingerprint density at radius 2 is 1.84 bits per heavy atom. The van der Waals surface area contributed by atoms with Gasteiger partial charge in [-0.15, -0.1) is 0 Å². The molecule has 0 fully saturated rings. The van der Waals surface area contributed by atoms with Gasteiger partial charge in [0.25, 0.3) is 0 Å². The van der Waals surface area contributed by atoms with Gasteiger partial charge in [0.2, 0.25) is 0 Å². The molecule has 1 rings (SSSR count). The molecule has 1 atom stereocenters. The minimum atomic E-state index is -0.603. The van der Waals surface area contributed by atoms with Crippen LogP contribution in [0.1, 0.15) is 54.5 Å². The van der Waals surface area contributed by atoms with Gasteiger partial charge in [-0.3, -0.25) is 4.79 Å². The van der Waals surface area contributed by atoms with Crippen LogP contribution in [0.3, 0.4) is 0 Å². The molecule has 1 N–H and O–H groups in total. The predicted molar refractivity (Wildman–Crippen MR) is 76.1 cm³/mol. The average Bonchev–Trinajstić information content (AvgIpc) is 2.37. The summed E-state index contributed by atoms with van der Waals surface area (Å²) in [5.74, 6) is -0.234. The van der Waals surface area contributed by atoms with E-state index in [2.05, 4.69) is 13.0 Å². The summed E-state index contributed by atoms with van der Waals surface area (Å²) < 4.78 is 5.00. The third kappa shape index (κ3) is 4.67. The minimum absolute atomic E-state index is 0.234. The van der Waals surface area contributed by atoms with E-state index in [1.807, 2.05) is 26.8 Å². The largest absolute Gasteiger partial charge is 0.466 e. The van der Waals surface area contributed by atoms with Gasteiger partial charge < -0.3 is 9.84 Å². The number of hydrogen-bond donors (Lipinski definition) is 1. The van der Waals surface area contributed by atoms with Crippen molar-refractivity contribution in [3.63, 3.8) is 0 Å². The number of esters is 1. The molecule has 0 spiro atoms. The fraction of sp³-hybridized carbons (Fsp3) is 0.562. The fourth-order valence-corrected chi connectivity index (χ4v) is 2.04. The first-order valence-corrected chi connectivity index (χ1v) is 6.87. The number of rotatable bonds is 6. The lowest BCUT2D eigenvalue weighted by Crippen LogP contribution is -2.09. The van der Waals surface area contributed by atoms with Crippen LogP contribution in [0.5, 0.6) is 0 Å². The molecule has 1 aromatic carbocycles. The Morgan fingerprint density at radius 1 is 1.21 bits per heavy atom. The van der Waals surface area contributed by atoms with Crippen LogP contribution in [0, 0.1) is 20.8 Å². The topological polar surface area (TPSA) is 46.5 Å². The minimum Gasteiger partial charge on any atom is -0.466 e. The van der Waals surface area contributed by atoms with Crippen molar-refractivity contribution in [1.29, 1.82) is 0 Å². The molecule has 0 aliphatic heterocycles. The highest BCUT2D eigenvalue weighted by molar-refractivity contribution is 5.69. The van der Waals surface area contributed by atoms with E-state index in [0.717, 1.165) is 23.1 Å². The predicted octanol–water partition coefficient (Wildman–Crippen LogP) is 3.38. The van der Waals surface area contributed by atoms with E-state index in [9.17, 15) is 9.90 Å². The second-order valence-electron chi connectivity index (χ2n) is 5.07. The summed E-state index contributed by atoms with van der Waals surface area (Å²) >= 11 is 0. The van der Waals surface area contributed by atoms with Crippen LogP contribution in [-0.4, -0.2) is 17.7 Å². The fourth-order valence-electron chi connectivity index (χ4n) is 2.04. The third-order valence-corrected chi connectivity index (χ3v) is 3.33. The van der Waals surface area contributed by atoms with Gasteiger partial charge in [0.1, 0.15) is 0 Å². The molecule has 0 amide bonds. The van der Waals surface area contributed by atoms with Crippen molar-refractivity contribution >= 4 is 5.97 Å². The summed E-state index contributed by atoms with van der Waals surface area (Å²) in [7, 11) is 0. The quantitative estimate of drug-likeness (QED) is 0.801. The maximum Gasteiger partial charge on any atom is 0.305 e. The normalized spacial score (nSPS) is 12.3. The lowest BCUT2D eigenvalue weighted by molar-refractivity contribution is -0.144. The zero-order valence-electron chi connectivity index (χ0n) is 12.3. The highest BCUT2D eigenvalue weighted by atomic mass is 16.5. The van der Waals surface area contributed by atoms with Gasteiger partial charge >= 0.3 is 5.97 Å². The lowest BCUT2D eigenvalue weighted by atomic mass is 9.95. The molecular formula is C16H24O3. The third-order valence-electron chi connectivity index (χ3n) is 3.33. The number of ether oxygens (including phenoxy) is 1. The smallest absolute Gasteiger partial charge is 0.305 e. The Hall–Kier alpha value is -1.35. The Bertz CT molecular complexity index is 438. The molecule has 0 bridgehead atoms. The highest BCUT2D eigenvalue weighted by Gasteiger charge is 2.14.